The predicted octanol–water partition coefficient (Wildman–Crippen LogP) is 3.34. The van der Waals surface area contributed by atoms with Gasteiger partial charge in [0.1, 0.15) is 17.2 Å². The molecule has 106 valence electrons. The predicted molar refractivity (Wildman–Crippen MR) is 79.1 cm³/mol. The van der Waals surface area contributed by atoms with E-state index in [2.05, 4.69) is 0 Å². The van der Waals surface area contributed by atoms with Crippen molar-refractivity contribution in [2.75, 3.05) is 5.73 Å². The summed E-state index contributed by atoms with van der Waals surface area (Å²) in [7, 11) is 0. The molecule has 0 bridgehead atoms. The second-order valence-corrected chi connectivity index (χ2v) is 4.74. The minimum Gasteiger partial charge on any atom is -0.489 e. The summed E-state index contributed by atoms with van der Waals surface area (Å²) < 4.78 is 11.4. The van der Waals surface area contributed by atoms with Crippen molar-refractivity contribution in [1.82, 2.24) is 0 Å². The molecule has 4 heteroatoms. The molecule has 2 rings (SSSR count). The molecule has 0 aromatic heterocycles. The molecule has 2 aromatic rings. The first-order valence-electron chi connectivity index (χ1n) is 6.53. The summed E-state index contributed by atoms with van der Waals surface area (Å²) in [6.07, 6.45) is 0.0522. The maximum Gasteiger partial charge on any atom is 0.154 e. The standard InChI is InChI=1S/C16H19NO3/c1-11(2)19-14-4-3-5-15(16(14)17)20-13-8-6-12(10-18)7-9-13/h3-9,11,18H,10,17H2,1-2H3. The fraction of sp³-hybridized carbons (Fsp3) is 0.250. The molecule has 0 aliphatic heterocycles. The first-order valence-corrected chi connectivity index (χ1v) is 6.53. The molecule has 0 radical (unpaired) electrons. The Kier molecular flexibility index (Phi) is 4.48. The minimum atomic E-state index is 0.0140. The van der Waals surface area contributed by atoms with Crippen molar-refractivity contribution >= 4 is 5.69 Å². The zero-order valence-corrected chi connectivity index (χ0v) is 11.7. The Morgan fingerprint density at radius 1 is 1.05 bits per heavy atom. The molecule has 2 aromatic carbocycles. The summed E-state index contributed by atoms with van der Waals surface area (Å²) in [6.45, 7) is 3.90. The highest BCUT2D eigenvalue weighted by molar-refractivity contribution is 5.63. The second kappa shape index (κ2) is 6.30. The van der Waals surface area contributed by atoms with Crippen molar-refractivity contribution in [3.05, 3.63) is 48.0 Å². The van der Waals surface area contributed by atoms with Gasteiger partial charge >= 0.3 is 0 Å². The third-order valence-electron chi connectivity index (χ3n) is 2.72. The third-order valence-corrected chi connectivity index (χ3v) is 2.72. The van der Waals surface area contributed by atoms with E-state index in [0.29, 0.717) is 22.9 Å². The Labute approximate surface area is 118 Å². The minimum absolute atomic E-state index is 0.0140. The number of ether oxygens (including phenoxy) is 2. The lowest BCUT2D eigenvalue weighted by Gasteiger charge is -2.15. The molecule has 0 aliphatic rings. The molecule has 4 nitrogen and oxygen atoms in total. The number of aliphatic hydroxyl groups is 1. The lowest BCUT2D eigenvalue weighted by atomic mass is 10.2. The summed E-state index contributed by atoms with van der Waals surface area (Å²) in [6, 6.07) is 12.6. The number of hydrogen-bond donors (Lipinski definition) is 2. The number of nitrogen functional groups attached to an aromatic ring is 1. The van der Waals surface area contributed by atoms with Crippen molar-refractivity contribution in [2.24, 2.45) is 0 Å². The topological polar surface area (TPSA) is 64.7 Å². The largest absolute Gasteiger partial charge is 0.489 e. The van der Waals surface area contributed by atoms with E-state index in [9.17, 15) is 0 Å². The van der Waals surface area contributed by atoms with E-state index in [1.54, 1.807) is 30.3 Å². The average molecular weight is 273 g/mol. The maximum absolute atomic E-state index is 9.01. The van der Waals surface area contributed by atoms with Crippen molar-refractivity contribution in [2.45, 2.75) is 26.6 Å². The average Bonchev–Trinajstić information content (AvgIpc) is 2.43. The summed E-state index contributed by atoms with van der Waals surface area (Å²) in [4.78, 5) is 0. The molecule has 0 amide bonds. The van der Waals surface area contributed by atoms with Crippen molar-refractivity contribution in [1.29, 1.82) is 0 Å². The van der Waals surface area contributed by atoms with Crippen LogP contribution in [-0.2, 0) is 6.61 Å². The number of nitrogens with two attached hydrogens (primary N) is 1. The van der Waals surface area contributed by atoms with E-state index in [4.69, 9.17) is 20.3 Å². The zero-order valence-electron chi connectivity index (χ0n) is 11.7. The summed E-state index contributed by atoms with van der Waals surface area (Å²) in [5, 5.41) is 9.01. The fourth-order valence-corrected chi connectivity index (χ4v) is 1.76. The van der Waals surface area contributed by atoms with E-state index < -0.39 is 0 Å². The van der Waals surface area contributed by atoms with E-state index >= 15 is 0 Å². The monoisotopic (exact) mass is 273 g/mol. The summed E-state index contributed by atoms with van der Waals surface area (Å²) >= 11 is 0. The van der Waals surface area contributed by atoms with Crippen LogP contribution >= 0.6 is 0 Å². The van der Waals surface area contributed by atoms with Crippen LogP contribution in [0.15, 0.2) is 42.5 Å². The van der Waals surface area contributed by atoms with Gasteiger partial charge in [-0.3, -0.25) is 0 Å². The molecular formula is C16H19NO3. The zero-order chi connectivity index (χ0) is 14.5. The highest BCUT2D eigenvalue weighted by atomic mass is 16.5. The first-order chi connectivity index (χ1) is 9.60. The van der Waals surface area contributed by atoms with Gasteiger partial charge in [0.2, 0.25) is 0 Å². The van der Waals surface area contributed by atoms with E-state index in [1.165, 1.54) is 0 Å². The Bertz CT molecular complexity index is 564. The van der Waals surface area contributed by atoms with Crippen LogP contribution in [0.4, 0.5) is 5.69 Å². The second-order valence-electron chi connectivity index (χ2n) is 4.74. The van der Waals surface area contributed by atoms with E-state index in [1.807, 2.05) is 26.0 Å². The van der Waals surface area contributed by atoms with Crippen molar-refractivity contribution < 1.29 is 14.6 Å². The van der Waals surface area contributed by atoms with Crippen molar-refractivity contribution in [3.63, 3.8) is 0 Å². The summed E-state index contributed by atoms with van der Waals surface area (Å²) in [5.41, 5.74) is 7.36. The fourth-order valence-electron chi connectivity index (χ4n) is 1.76. The van der Waals surface area contributed by atoms with Gasteiger partial charge in [0.25, 0.3) is 0 Å². The van der Waals surface area contributed by atoms with Gasteiger partial charge in [-0.15, -0.1) is 0 Å². The smallest absolute Gasteiger partial charge is 0.154 e. The SMILES string of the molecule is CC(C)Oc1cccc(Oc2ccc(CO)cc2)c1N. The van der Waals surface area contributed by atoms with Gasteiger partial charge in [-0.2, -0.15) is 0 Å². The normalized spacial score (nSPS) is 10.6. The van der Waals surface area contributed by atoms with Gasteiger partial charge in [-0.25, -0.2) is 0 Å². The molecule has 3 N–H and O–H groups in total. The van der Waals surface area contributed by atoms with E-state index in [0.717, 1.165) is 5.56 Å². The Morgan fingerprint density at radius 2 is 1.70 bits per heavy atom. The van der Waals surface area contributed by atoms with E-state index in [-0.39, 0.29) is 12.7 Å². The van der Waals surface area contributed by atoms with Crippen LogP contribution in [-0.4, -0.2) is 11.2 Å². The van der Waals surface area contributed by atoms with Gasteiger partial charge in [0.05, 0.1) is 12.7 Å². The molecule has 0 heterocycles. The van der Waals surface area contributed by atoms with Gasteiger partial charge in [0, 0.05) is 0 Å². The van der Waals surface area contributed by atoms with Crippen LogP contribution in [0.1, 0.15) is 19.4 Å². The third kappa shape index (κ3) is 3.42. The van der Waals surface area contributed by atoms with Crippen LogP contribution in [0.5, 0.6) is 17.2 Å². The molecule has 0 saturated carbocycles. The Balaban J connectivity index is 2.20. The first kappa shape index (κ1) is 14.2. The van der Waals surface area contributed by atoms with Crippen LogP contribution in [0.25, 0.3) is 0 Å². The number of rotatable bonds is 5. The lowest BCUT2D eigenvalue weighted by Crippen LogP contribution is -2.07. The molecule has 0 unspecified atom stereocenters. The number of para-hydroxylation sites is 1. The molecule has 0 spiro atoms. The Hall–Kier alpha value is -2.20. The molecule has 0 saturated heterocycles. The van der Waals surface area contributed by atoms with Crippen LogP contribution < -0.4 is 15.2 Å². The van der Waals surface area contributed by atoms with Crippen LogP contribution in [0.3, 0.4) is 0 Å². The highest BCUT2D eigenvalue weighted by Gasteiger charge is 2.09. The maximum atomic E-state index is 9.01. The number of anilines is 1. The summed E-state index contributed by atoms with van der Waals surface area (Å²) in [5.74, 6) is 1.83. The molecule has 0 aliphatic carbocycles. The van der Waals surface area contributed by atoms with Gasteiger partial charge in [-0.05, 0) is 43.7 Å². The van der Waals surface area contributed by atoms with Crippen molar-refractivity contribution in [3.8, 4) is 17.2 Å². The van der Waals surface area contributed by atoms with Crippen LogP contribution in [0.2, 0.25) is 0 Å². The van der Waals surface area contributed by atoms with Gasteiger partial charge in [-0.1, -0.05) is 18.2 Å². The Morgan fingerprint density at radius 3 is 2.30 bits per heavy atom. The molecular weight excluding hydrogens is 254 g/mol. The molecule has 20 heavy (non-hydrogen) atoms. The van der Waals surface area contributed by atoms with Gasteiger partial charge in [0.15, 0.2) is 5.75 Å². The number of benzene rings is 2. The van der Waals surface area contributed by atoms with Crippen LogP contribution in [0, 0.1) is 0 Å². The molecule has 0 fully saturated rings. The molecule has 0 atom stereocenters. The number of aliphatic hydroxyl groups excluding tert-OH is 1. The number of hydrogen-bond acceptors (Lipinski definition) is 4. The quantitative estimate of drug-likeness (QED) is 0.820. The highest BCUT2D eigenvalue weighted by Crippen LogP contribution is 2.35. The van der Waals surface area contributed by atoms with Gasteiger partial charge < -0.3 is 20.3 Å². The lowest BCUT2D eigenvalue weighted by molar-refractivity contribution is 0.243.